The first-order chi connectivity index (χ1) is 15.7. The Bertz CT molecular complexity index is 1120. The van der Waals surface area contributed by atoms with Crippen molar-refractivity contribution in [2.24, 2.45) is 5.92 Å². The van der Waals surface area contributed by atoms with Crippen molar-refractivity contribution < 1.29 is 18.0 Å². The molecule has 0 atom stereocenters. The number of anilines is 2. The van der Waals surface area contributed by atoms with Gasteiger partial charge in [-0.05, 0) is 48.4 Å². The molecule has 1 fully saturated rings. The van der Waals surface area contributed by atoms with Crippen LogP contribution in [0, 0.1) is 5.92 Å². The van der Waals surface area contributed by atoms with Gasteiger partial charge in [-0.3, -0.25) is 14.7 Å². The molecule has 0 unspecified atom stereocenters. The van der Waals surface area contributed by atoms with E-state index in [0.717, 1.165) is 37.5 Å². The number of nitrogens with zero attached hydrogens (tertiary/aromatic N) is 3. The van der Waals surface area contributed by atoms with Crippen LogP contribution >= 0.6 is 0 Å². The van der Waals surface area contributed by atoms with Crippen molar-refractivity contribution in [2.75, 3.05) is 38.0 Å². The van der Waals surface area contributed by atoms with E-state index in [-0.39, 0.29) is 11.4 Å². The maximum Gasteiger partial charge on any atom is 0.416 e. The fourth-order valence-corrected chi connectivity index (χ4v) is 4.12. The summed E-state index contributed by atoms with van der Waals surface area (Å²) in [7, 11) is 0. The highest BCUT2D eigenvalue weighted by Crippen LogP contribution is 2.33. The number of alkyl halides is 3. The van der Waals surface area contributed by atoms with Crippen molar-refractivity contribution in [2.45, 2.75) is 20.0 Å². The van der Waals surface area contributed by atoms with Crippen molar-refractivity contribution in [3.05, 3.63) is 65.9 Å². The van der Waals surface area contributed by atoms with Crippen LogP contribution in [0.15, 0.2) is 54.7 Å². The van der Waals surface area contributed by atoms with Crippen molar-refractivity contribution in [1.82, 2.24) is 14.8 Å². The van der Waals surface area contributed by atoms with Gasteiger partial charge in [0.1, 0.15) is 0 Å². The minimum Gasteiger partial charge on any atom is -0.355 e. The standard InChI is InChI=1S/C25H27F3N4O/c1-17(2)16-31-11-13-32(14-12-31)24(33)18-3-6-20(7-4-18)30-22-9-10-29-23-15-19(25(26,27)28)5-8-21(22)23/h3-10,15,17H,11-14,16H2,1-2H3,(H,29,30). The zero-order chi connectivity index (χ0) is 23.6. The molecule has 174 valence electrons. The van der Waals surface area contributed by atoms with Gasteiger partial charge in [0.25, 0.3) is 5.91 Å². The van der Waals surface area contributed by atoms with Crippen molar-refractivity contribution >= 4 is 28.2 Å². The molecule has 2 aromatic carbocycles. The second-order valence-corrected chi connectivity index (χ2v) is 8.78. The van der Waals surface area contributed by atoms with E-state index in [2.05, 4.69) is 29.0 Å². The van der Waals surface area contributed by atoms with Crippen LogP contribution in [0.25, 0.3) is 10.9 Å². The number of nitrogens with one attached hydrogen (secondary N) is 1. The van der Waals surface area contributed by atoms with E-state index in [1.54, 1.807) is 30.3 Å². The fraction of sp³-hybridized carbons (Fsp3) is 0.360. The summed E-state index contributed by atoms with van der Waals surface area (Å²) in [4.78, 5) is 21.2. The zero-order valence-electron chi connectivity index (χ0n) is 18.7. The number of fused-ring (bicyclic) bond motifs is 1. The number of hydrogen-bond acceptors (Lipinski definition) is 4. The lowest BCUT2D eigenvalue weighted by atomic mass is 10.1. The van der Waals surface area contributed by atoms with Gasteiger partial charge in [0.05, 0.1) is 11.1 Å². The smallest absolute Gasteiger partial charge is 0.355 e. The molecule has 1 N–H and O–H groups in total. The predicted octanol–water partition coefficient (Wildman–Crippen LogP) is 5.41. The number of piperazine rings is 1. The van der Waals surface area contributed by atoms with Crippen molar-refractivity contribution in [3.8, 4) is 0 Å². The van der Waals surface area contributed by atoms with Gasteiger partial charge in [0.2, 0.25) is 0 Å². The molecule has 1 aliphatic heterocycles. The molecule has 0 spiro atoms. The lowest BCUT2D eigenvalue weighted by Crippen LogP contribution is -2.49. The molecule has 4 rings (SSSR count). The number of amides is 1. The molecule has 1 amide bonds. The monoisotopic (exact) mass is 456 g/mol. The summed E-state index contributed by atoms with van der Waals surface area (Å²) in [6.45, 7) is 8.64. The number of carbonyl (C=O) groups excluding carboxylic acids is 1. The molecule has 1 saturated heterocycles. The first-order valence-electron chi connectivity index (χ1n) is 11.1. The van der Waals surface area contributed by atoms with Crippen LogP contribution in [0.2, 0.25) is 0 Å². The van der Waals surface area contributed by atoms with E-state index in [0.29, 0.717) is 35.6 Å². The van der Waals surface area contributed by atoms with Crippen LogP contribution in [0.3, 0.4) is 0 Å². The Kier molecular flexibility index (Phi) is 6.56. The molecular weight excluding hydrogens is 429 g/mol. The van der Waals surface area contributed by atoms with E-state index in [1.807, 2.05) is 4.90 Å². The summed E-state index contributed by atoms with van der Waals surface area (Å²) in [5, 5.41) is 3.81. The molecular formula is C25H27F3N4O. The first-order valence-corrected chi connectivity index (χ1v) is 11.1. The van der Waals surface area contributed by atoms with Gasteiger partial charge in [-0.25, -0.2) is 0 Å². The van der Waals surface area contributed by atoms with Gasteiger partial charge in [-0.2, -0.15) is 13.2 Å². The van der Waals surface area contributed by atoms with Gasteiger partial charge < -0.3 is 10.2 Å². The Balaban J connectivity index is 1.44. The number of carbonyl (C=O) groups is 1. The number of pyridine rings is 1. The molecule has 33 heavy (non-hydrogen) atoms. The zero-order valence-corrected chi connectivity index (χ0v) is 18.7. The summed E-state index contributed by atoms with van der Waals surface area (Å²) >= 11 is 0. The normalized spacial score (nSPS) is 15.3. The van der Waals surface area contributed by atoms with Gasteiger partial charge in [-0.15, -0.1) is 0 Å². The lowest BCUT2D eigenvalue weighted by molar-refractivity contribution is -0.137. The Morgan fingerprint density at radius 1 is 1.03 bits per heavy atom. The van der Waals surface area contributed by atoms with Gasteiger partial charge in [-0.1, -0.05) is 19.9 Å². The summed E-state index contributed by atoms with van der Waals surface area (Å²) < 4.78 is 39.0. The molecule has 0 radical (unpaired) electrons. The molecule has 0 aliphatic carbocycles. The Morgan fingerprint density at radius 3 is 2.36 bits per heavy atom. The second kappa shape index (κ2) is 9.39. The van der Waals surface area contributed by atoms with Crippen molar-refractivity contribution in [3.63, 3.8) is 0 Å². The molecule has 3 aromatic rings. The van der Waals surface area contributed by atoms with Crippen LogP contribution in [-0.2, 0) is 6.18 Å². The minimum atomic E-state index is -4.41. The minimum absolute atomic E-state index is 0.0137. The fourth-order valence-electron chi connectivity index (χ4n) is 4.12. The second-order valence-electron chi connectivity index (χ2n) is 8.78. The van der Waals surface area contributed by atoms with E-state index >= 15 is 0 Å². The molecule has 0 saturated carbocycles. The number of benzene rings is 2. The Hall–Kier alpha value is -3.13. The van der Waals surface area contributed by atoms with Crippen LogP contribution in [0.4, 0.5) is 24.5 Å². The quantitative estimate of drug-likeness (QED) is 0.558. The average molecular weight is 457 g/mol. The van der Waals surface area contributed by atoms with E-state index in [9.17, 15) is 18.0 Å². The third-order valence-corrected chi connectivity index (χ3v) is 5.76. The van der Waals surface area contributed by atoms with E-state index in [1.165, 1.54) is 12.3 Å². The number of rotatable bonds is 5. The third kappa shape index (κ3) is 5.45. The SMILES string of the molecule is CC(C)CN1CCN(C(=O)c2ccc(Nc3ccnc4cc(C(F)(F)F)ccc34)cc2)CC1. The van der Waals surface area contributed by atoms with Gasteiger partial charge in [0.15, 0.2) is 0 Å². The highest BCUT2D eigenvalue weighted by molar-refractivity contribution is 5.96. The van der Waals surface area contributed by atoms with Crippen LogP contribution in [-0.4, -0.2) is 53.4 Å². The highest BCUT2D eigenvalue weighted by atomic mass is 19.4. The highest BCUT2D eigenvalue weighted by Gasteiger charge is 2.30. The first kappa shape index (κ1) is 23.0. The lowest BCUT2D eigenvalue weighted by Gasteiger charge is -2.35. The van der Waals surface area contributed by atoms with Crippen LogP contribution in [0.1, 0.15) is 29.8 Å². The summed E-state index contributed by atoms with van der Waals surface area (Å²) in [5.41, 5.74) is 1.54. The number of aromatic nitrogens is 1. The summed E-state index contributed by atoms with van der Waals surface area (Å²) in [6, 6.07) is 12.4. The maximum atomic E-state index is 13.0. The molecule has 0 bridgehead atoms. The molecule has 1 aromatic heterocycles. The average Bonchev–Trinajstić information content (AvgIpc) is 2.78. The van der Waals surface area contributed by atoms with E-state index < -0.39 is 11.7 Å². The molecule has 2 heterocycles. The summed E-state index contributed by atoms with van der Waals surface area (Å²) in [6.07, 6.45) is -2.94. The number of halogens is 3. The van der Waals surface area contributed by atoms with Crippen molar-refractivity contribution in [1.29, 1.82) is 0 Å². The van der Waals surface area contributed by atoms with E-state index in [4.69, 9.17) is 0 Å². The molecule has 5 nitrogen and oxygen atoms in total. The number of hydrogen-bond donors (Lipinski definition) is 1. The Morgan fingerprint density at radius 2 is 1.73 bits per heavy atom. The topological polar surface area (TPSA) is 48.5 Å². The molecule has 8 heteroatoms. The third-order valence-electron chi connectivity index (χ3n) is 5.76. The summed E-state index contributed by atoms with van der Waals surface area (Å²) in [5.74, 6) is 0.622. The van der Waals surface area contributed by atoms with Gasteiger partial charge in [0, 0.05) is 61.2 Å². The maximum absolute atomic E-state index is 13.0. The largest absolute Gasteiger partial charge is 0.416 e. The predicted molar refractivity (Wildman–Crippen MR) is 124 cm³/mol. The van der Waals surface area contributed by atoms with Crippen LogP contribution in [0.5, 0.6) is 0 Å². The molecule has 1 aliphatic rings. The van der Waals surface area contributed by atoms with Gasteiger partial charge >= 0.3 is 6.18 Å². The Labute approximate surface area is 191 Å². The van der Waals surface area contributed by atoms with Crippen LogP contribution < -0.4 is 5.32 Å².